The number of amides is 1. The van der Waals surface area contributed by atoms with E-state index in [1.807, 2.05) is 81.4 Å². The summed E-state index contributed by atoms with van der Waals surface area (Å²) >= 11 is 0. The third-order valence-corrected chi connectivity index (χ3v) is 7.92. The summed E-state index contributed by atoms with van der Waals surface area (Å²) in [6.45, 7) is 4.96. The van der Waals surface area contributed by atoms with Crippen molar-refractivity contribution in [3.63, 3.8) is 0 Å². The Bertz CT molecular complexity index is 1450. The Morgan fingerprint density at radius 2 is 1.51 bits per heavy atom. The van der Waals surface area contributed by atoms with Gasteiger partial charge < -0.3 is 19.9 Å². The fourth-order valence-electron chi connectivity index (χ4n) is 5.01. The maximum Gasteiger partial charge on any atom is 0.407 e. The predicted molar refractivity (Wildman–Crippen MR) is 157 cm³/mol. The van der Waals surface area contributed by atoms with Crippen molar-refractivity contribution in [3.8, 4) is 16.9 Å². The SMILES string of the molecule is CC(C)(C)Oc1ccc(C[C@@H](CN(CC(=O)O)S(C)(=O)=O)NC(=O)OCC2c3ccccc3-c3ccccc32)cc1. The second kappa shape index (κ2) is 12.3. The molecular weight excluding hydrogens is 544 g/mol. The largest absolute Gasteiger partial charge is 0.488 e. The molecule has 0 bridgehead atoms. The third kappa shape index (κ3) is 8.08. The van der Waals surface area contributed by atoms with Crippen LogP contribution in [0.4, 0.5) is 4.79 Å². The van der Waals surface area contributed by atoms with Crippen molar-refractivity contribution in [2.45, 2.75) is 44.8 Å². The van der Waals surface area contributed by atoms with Gasteiger partial charge in [-0.1, -0.05) is 60.7 Å². The first-order valence-electron chi connectivity index (χ1n) is 13.4. The van der Waals surface area contributed by atoms with Crippen LogP contribution in [0.5, 0.6) is 5.75 Å². The van der Waals surface area contributed by atoms with E-state index in [9.17, 15) is 23.1 Å². The molecule has 0 aromatic heterocycles. The van der Waals surface area contributed by atoms with Crippen LogP contribution in [-0.4, -0.2) is 67.5 Å². The zero-order chi connectivity index (χ0) is 29.8. The first kappa shape index (κ1) is 30.1. The van der Waals surface area contributed by atoms with Crippen LogP contribution in [0.1, 0.15) is 43.4 Å². The molecule has 1 atom stereocenters. The van der Waals surface area contributed by atoms with E-state index in [1.54, 1.807) is 12.1 Å². The minimum atomic E-state index is -3.86. The summed E-state index contributed by atoms with van der Waals surface area (Å²) in [5.41, 5.74) is 4.78. The van der Waals surface area contributed by atoms with Crippen molar-refractivity contribution in [2.75, 3.05) is 26.0 Å². The van der Waals surface area contributed by atoms with Crippen LogP contribution in [0.3, 0.4) is 0 Å². The van der Waals surface area contributed by atoms with Crippen molar-refractivity contribution in [1.82, 2.24) is 9.62 Å². The Labute approximate surface area is 241 Å². The number of carboxylic acids is 1. The molecule has 10 heteroatoms. The highest BCUT2D eigenvalue weighted by Crippen LogP contribution is 2.44. The number of sulfonamides is 1. The van der Waals surface area contributed by atoms with E-state index in [4.69, 9.17) is 9.47 Å². The number of fused-ring (bicyclic) bond motifs is 3. The summed E-state index contributed by atoms with van der Waals surface area (Å²) < 4.78 is 37.1. The highest BCUT2D eigenvalue weighted by molar-refractivity contribution is 7.88. The van der Waals surface area contributed by atoms with Crippen molar-refractivity contribution in [3.05, 3.63) is 89.5 Å². The number of ether oxygens (including phenoxy) is 2. The van der Waals surface area contributed by atoms with Gasteiger partial charge in [0.2, 0.25) is 10.0 Å². The van der Waals surface area contributed by atoms with Gasteiger partial charge >= 0.3 is 12.1 Å². The van der Waals surface area contributed by atoms with Gasteiger partial charge in [-0.3, -0.25) is 4.79 Å². The van der Waals surface area contributed by atoms with Crippen LogP contribution < -0.4 is 10.1 Å². The van der Waals surface area contributed by atoms with Crippen molar-refractivity contribution in [1.29, 1.82) is 0 Å². The van der Waals surface area contributed by atoms with Crippen LogP contribution in [0, 0.1) is 0 Å². The molecule has 41 heavy (non-hydrogen) atoms. The zero-order valence-corrected chi connectivity index (χ0v) is 24.5. The summed E-state index contributed by atoms with van der Waals surface area (Å²) in [7, 11) is -3.86. The van der Waals surface area contributed by atoms with E-state index in [2.05, 4.69) is 5.32 Å². The summed E-state index contributed by atoms with van der Waals surface area (Å²) in [5, 5.41) is 12.1. The maximum atomic E-state index is 13.1. The number of carbonyl (C=O) groups is 2. The van der Waals surface area contributed by atoms with E-state index in [1.165, 1.54) is 0 Å². The zero-order valence-electron chi connectivity index (χ0n) is 23.7. The minimum absolute atomic E-state index is 0.0936. The average Bonchev–Trinajstić information content (AvgIpc) is 3.20. The standard InChI is InChI=1S/C31H36N2O7S/c1-31(2,3)40-23-15-13-21(14-16-23)17-22(18-33(19-29(34)35)41(4,37)38)32-30(36)39-20-28-26-11-7-5-9-24(26)25-10-6-8-12-27(25)28/h5-16,22,28H,17-20H2,1-4H3,(H,32,36)(H,34,35)/t22-/m0/s1. The van der Waals surface area contributed by atoms with Gasteiger partial charge in [0.05, 0.1) is 12.3 Å². The molecular formula is C31H36N2O7S. The van der Waals surface area contributed by atoms with Gasteiger partial charge in [-0.2, -0.15) is 4.31 Å². The normalized spacial score (nSPS) is 13.8. The lowest BCUT2D eigenvalue weighted by Crippen LogP contribution is -2.48. The number of carbonyl (C=O) groups excluding carboxylic acids is 1. The number of aliphatic carboxylic acids is 1. The molecule has 0 fully saturated rings. The Kier molecular flexibility index (Phi) is 9.04. The molecule has 0 saturated carbocycles. The van der Waals surface area contributed by atoms with E-state index in [-0.39, 0.29) is 31.1 Å². The lowest BCUT2D eigenvalue weighted by atomic mass is 9.98. The first-order chi connectivity index (χ1) is 19.3. The Hall–Kier alpha value is -3.89. The fraction of sp³-hybridized carbons (Fsp3) is 0.355. The molecule has 9 nitrogen and oxygen atoms in total. The molecule has 3 aromatic carbocycles. The predicted octanol–water partition coefficient (Wildman–Crippen LogP) is 4.66. The average molecular weight is 581 g/mol. The maximum absolute atomic E-state index is 13.1. The van der Waals surface area contributed by atoms with Crippen molar-refractivity contribution < 1.29 is 32.6 Å². The molecule has 218 valence electrons. The Balaban J connectivity index is 1.49. The van der Waals surface area contributed by atoms with E-state index < -0.39 is 34.7 Å². The molecule has 0 saturated heterocycles. The van der Waals surface area contributed by atoms with E-state index in [0.29, 0.717) is 5.75 Å². The first-order valence-corrected chi connectivity index (χ1v) is 15.2. The molecule has 0 spiro atoms. The topological polar surface area (TPSA) is 122 Å². The van der Waals surface area contributed by atoms with Gasteiger partial charge in [0.1, 0.15) is 24.5 Å². The van der Waals surface area contributed by atoms with Crippen LogP contribution in [0.15, 0.2) is 72.8 Å². The molecule has 1 aliphatic carbocycles. The lowest BCUT2D eigenvalue weighted by molar-refractivity contribution is -0.137. The van der Waals surface area contributed by atoms with Crippen LogP contribution in [0.25, 0.3) is 11.1 Å². The summed E-state index contributed by atoms with van der Waals surface area (Å²) in [6.07, 6.45) is 0.471. The highest BCUT2D eigenvalue weighted by Gasteiger charge is 2.30. The summed E-state index contributed by atoms with van der Waals surface area (Å²) in [4.78, 5) is 24.4. The number of nitrogens with one attached hydrogen (secondary N) is 1. The van der Waals surface area contributed by atoms with Gasteiger partial charge in [-0.25, -0.2) is 13.2 Å². The quantitative estimate of drug-likeness (QED) is 0.338. The monoisotopic (exact) mass is 580 g/mol. The molecule has 0 unspecified atom stereocenters. The molecule has 1 aliphatic rings. The van der Waals surface area contributed by atoms with Gasteiger partial charge in [0, 0.05) is 12.5 Å². The molecule has 0 heterocycles. The fourth-order valence-corrected chi connectivity index (χ4v) is 5.81. The summed E-state index contributed by atoms with van der Waals surface area (Å²) in [6, 6.07) is 22.5. The van der Waals surface area contributed by atoms with E-state index >= 15 is 0 Å². The molecule has 4 rings (SSSR count). The van der Waals surface area contributed by atoms with Gasteiger partial charge in [0.15, 0.2) is 0 Å². The number of benzene rings is 3. The number of carboxylic acid groups (broad SMARTS) is 1. The molecule has 2 N–H and O–H groups in total. The number of nitrogens with zero attached hydrogens (tertiary/aromatic N) is 1. The van der Waals surface area contributed by atoms with Crippen LogP contribution in [-0.2, 0) is 26.0 Å². The van der Waals surface area contributed by atoms with Gasteiger partial charge in [-0.15, -0.1) is 0 Å². The molecule has 0 aliphatic heterocycles. The molecule has 0 radical (unpaired) electrons. The second-order valence-corrected chi connectivity index (χ2v) is 13.2. The minimum Gasteiger partial charge on any atom is -0.488 e. The van der Waals surface area contributed by atoms with Crippen LogP contribution in [0.2, 0.25) is 0 Å². The molecule has 1 amide bonds. The number of hydrogen-bond acceptors (Lipinski definition) is 6. The van der Waals surface area contributed by atoms with Crippen molar-refractivity contribution >= 4 is 22.1 Å². The summed E-state index contributed by atoms with van der Waals surface area (Å²) in [5.74, 6) is -0.758. The van der Waals surface area contributed by atoms with Gasteiger partial charge in [-0.05, 0) is 67.1 Å². The lowest BCUT2D eigenvalue weighted by Gasteiger charge is -2.26. The number of hydrogen-bond donors (Lipinski definition) is 2. The Morgan fingerprint density at radius 1 is 0.951 bits per heavy atom. The highest BCUT2D eigenvalue weighted by atomic mass is 32.2. The smallest absolute Gasteiger partial charge is 0.407 e. The van der Waals surface area contributed by atoms with Crippen molar-refractivity contribution in [2.24, 2.45) is 0 Å². The van der Waals surface area contributed by atoms with E-state index in [0.717, 1.165) is 38.4 Å². The van der Waals surface area contributed by atoms with Gasteiger partial charge in [0.25, 0.3) is 0 Å². The third-order valence-electron chi connectivity index (χ3n) is 6.70. The second-order valence-electron chi connectivity index (χ2n) is 11.2. The Morgan fingerprint density at radius 3 is 2.02 bits per heavy atom. The molecule has 3 aromatic rings. The number of rotatable bonds is 11. The van der Waals surface area contributed by atoms with Crippen LogP contribution >= 0.6 is 0 Å². The number of alkyl carbamates (subject to hydrolysis) is 1.